The summed E-state index contributed by atoms with van der Waals surface area (Å²) in [6.45, 7) is 2.13. The van der Waals surface area contributed by atoms with Crippen molar-refractivity contribution in [3.05, 3.63) is 35.2 Å². The van der Waals surface area contributed by atoms with E-state index in [0.29, 0.717) is 53.4 Å². The number of Topliss-reactive ketones (excluding diaryl/α,β-unsaturated/α-hetero) is 1. The molecule has 0 spiro atoms. The summed E-state index contributed by atoms with van der Waals surface area (Å²) in [6, 6.07) is 3.61. The first-order chi connectivity index (χ1) is 15.9. The number of nitrogens with zero attached hydrogens (tertiary/aromatic N) is 5. The minimum Gasteiger partial charge on any atom is -0.454 e. The van der Waals surface area contributed by atoms with E-state index < -0.39 is 6.08 Å². The maximum absolute atomic E-state index is 14.0. The highest BCUT2D eigenvalue weighted by Gasteiger charge is 2.29. The van der Waals surface area contributed by atoms with E-state index >= 15 is 0 Å². The van der Waals surface area contributed by atoms with Crippen molar-refractivity contribution in [3.63, 3.8) is 0 Å². The lowest BCUT2D eigenvalue weighted by Gasteiger charge is -2.19. The number of ketones is 1. The number of ether oxygens (including phenoxy) is 2. The Balaban J connectivity index is 1.48. The molecule has 2 N–H and O–H groups in total. The van der Waals surface area contributed by atoms with Gasteiger partial charge in [0.15, 0.2) is 34.3 Å². The van der Waals surface area contributed by atoms with Crippen LogP contribution in [0, 0.1) is 18.4 Å². The highest BCUT2D eigenvalue weighted by Crippen LogP contribution is 2.35. The van der Waals surface area contributed by atoms with Gasteiger partial charge in [0.2, 0.25) is 6.79 Å². The largest absolute Gasteiger partial charge is 0.454 e. The molecular formula is C22H20FIN6O3. The minimum absolute atomic E-state index is 0.0159. The Morgan fingerprint density at radius 3 is 2.76 bits per heavy atom. The third kappa shape index (κ3) is 4.08. The summed E-state index contributed by atoms with van der Waals surface area (Å²) in [6.07, 6.45) is 6.48. The molecule has 2 aliphatic rings. The van der Waals surface area contributed by atoms with Gasteiger partial charge in [0.1, 0.15) is 9.87 Å². The van der Waals surface area contributed by atoms with Crippen molar-refractivity contribution in [2.45, 2.75) is 29.9 Å². The van der Waals surface area contributed by atoms with Gasteiger partial charge in [-0.25, -0.2) is 4.98 Å². The molecule has 11 heteroatoms. The zero-order valence-electron chi connectivity index (χ0n) is 17.6. The average Bonchev–Trinajstić information content (AvgIpc) is 3.47. The van der Waals surface area contributed by atoms with Gasteiger partial charge in [0.25, 0.3) is 0 Å². The van der Waals surface area contributed by atoms with Crippen LogP contribution >= 0.6 is 22.6 Å². The molecule has 1 aromatic carbocycles. The molecule has 170 valence electrons. The number of aromatic nitrogens is 4. The molecule has 0 aliphatic carbocycles. The molecule has 0 bridgehead atoms. The standard InChI is InChI=1S/C22H20FIN6O3/c1-2-12-8-15-16(33-11-32-15)9-13(12)10-17-26-18-20(25)27-22(23)28-21(18)30(17)6-3-5-29-7-4-14(31)19(29)24/h1,8-9,19H,3-7,10-11H2,(H2,25,27,28). The third-order valence-electron chi connectivity index (χ3n) is 5.83. The van der Waals surface area contributed by atoms with Crippen molar-refractivity contribution in [1.29, 1.82) is 0 Å². The van der Waals surface area contributed by atoms with Gasteiger partial charge in [-0.3, -0.25) is 9.69 Å². The van der Waals surface area contributed by atoms with Crippen molar-refractivity contribution >= 4 is 45.4 Å². The van der Waals surface area contributed by atoms with Gasteiger partial charge in [-0.15, -0.1) is 6.42 Å². The topological polar surface area (TPSA) is 108 Å². The second-order valence-electron chi connectivity index (χ2n) is 7.86. The first-order valence-corrected chi connectivity index (χ1v) is 11.7. The molecule has 1 unspecified atom stereocenters. The maximum atomic E-state index is 14.0. The Labute approximate surface area is 202 Å². The number of carbonyl (C=O) groups excluding carboxylic acids is 1. The molecule has 3 aromatic rings. The van der Waals surface area contributed by atoms with Gasteiger partial charge in [0.05, 0.1) is 0 Å². The zero-order chi connectivity index (χ0) is 23.1. The predicted octanol–water partition coefficient (Wildman–Crippen LogP) is 2.27. The lowest BCUT2D eigenvalue weighted by atomic mass is 10.0. The lowest BCUT2D eigenvalue weighted by molar-refractivity contribution is -0.117. The number of terminal acetylenes is 1. The van der Waals surface area contributed by atoms with Crippen molar-refractivity contribution in [1.82, 2.24) is 24.4 Å². The summed E-state index contributed by atoms with van der Waals surface area (Å²) in [5.41, 5.74) is 8.10. The number of likely N-dealkylation sites (tertiary alicyclic amines) is 1. The van der Waals surface area contributed by atoms with Crippen LogP contribution < -0.4 is 15.2 Å². The SMILES string of the molecule is C#Cc1cc2c(cc1Cc1nc3c(N)nc(F)nc3n1CCCN1CCC(=O)C1I)OCO2. The van der Waals surface area contributed by atoms with E-state index in [9.17, 15) is 9.18 Å². The molecule has 5 rings (SSSR count). The normalized spacial score (nSPS) is 17.7. The molecule has 2 aliphatic heterocycles. The summed E-state index contributed by atoms with van der Waals surface area (Å²) in [5, 5.41) is 0. The van der Waals surface area contributed by atoms with Crippen LogP contribution in [0.3, 0.4) is 0 Å². The summed E-state index contributed by atoms with van der Waals surface area (Å²) >= 11 is 2.17. The summed E-state index contributed by atoms with van der Waals surface area (Å²) < 4.78 is 26.7. The summed E-state index contributed by atoms with van der Waals surface area (Å²) in [4.78, 5) is 26.2. The van der Waals surface area contributed by atoms with Crippen LogP contribution in [-0.2, 0) is 17.8 Å². The molecule has 33 heavy (non-hydrogen) atoms. The maximum Gasteiger partial charge on any atom is 0.312 e. The number of anilines is 1. The minimum atomic E-state index is -0.905. The number of nitrogens with two attached hydrogens (primary N) is 1. The van der Waals surface area contributed by atoms with E-state index in [4.69, 9.17) is 21.6 Å². The second-order valence-corrected chi connectivity index (χ2v) is 9.04. The third-order valence-corrected chi connectivity index (χ3v) is 7.32. The molecule has 1 atom stereocenters. The summed E-state index contributed by atoms with van der Waals surface area (Å²) in [5.74, 6) is 4.77. The van der Waals surface area contributed by atoms with E-state index in [1.807, 2.05) is 10.6 Å². The highest BCUT2D eigenvalue weighted by molar-refractivity contribution is 14.1. The zero-order valence-corrected chi connectivity index (χ0v) is 19.7. The van der Waals surface area contributed by atoms with Gasteiger partial charge in [-0.05, 0) is 18.1 Å². The molecule has 0 saturated carbocycles. The Hall–Kier alpha value is -2.98. The van der Waals surface area contributed by atoms with Gasteiger partial charge < -0.3 is 19.8 Å². The van der Waals surface area contributed by atoms with Crippen LogP contribution in [0.1, 0.15) is 29.8 Å². The molecule has 1 saturated heterocycles. The van der Waals surface area contributed by atoms with Gasteiger partial charge in [-0.1, -0.05) is 28.5 Å². The molecule has 2 aromatic heterocycles. The van der Waals surface area contributed by atoms with Crippen LogP contribution in [0.15, 0.2) is 12.1 Å². The van der Waals surface area contributed by atoms with Crippen molar-refractivity contribution in [2.24, 2.45) is 0 Å². The van der Waals surface area contributed by atoms with Crippen molar-refractivity contribution in [2.75, 3.05) is 25.6 Å². The molecule has 1 fully saturated rings. The van der Waals surface area contributed by atoms with E-state index in [2.05, 4.69) is 48.4 Å². The van der Waals surface area contributed by atoms with Crippen molar-refractivity contribution in [3.8, 4) is 23.8 Å². The van der Waals surface area contributed by atoms with Crippen LogP contribution in [-0.4, -0.2) is 54.1 Å². The molecule has 4 heterocycles. The van der Waals surface area contributed by atoms with E-state index in [0.717, 1.165) is 25.1 Å². The number of benzene rings is 1. The van der Waals surface area contributed by atoms with Gasteiger partial charge in [0, 0.05) is 44.1 Å². The quantitative estimate of drug-likeness (QED) is 0.160. The fourth-order valence-corrected chi connectivity index (χ4v) is 5.06. The van der Waals surface area contributed by atoms with E-state index in [-0.39, 0.29) is 22.4 Å². The number of aryl methyl sites for hydroxylation is 1. The summed E-state index contributed by atoms with van der Waals surface area (Å²) in [7, 11) is 0. The Morgan fingerprint density at radius 1 is 1.24 bits per heavy atom. The number of carbonyl (C=O) groups is 1. The first kappa shape index (κ1) is 21.8. The van der Waals surface area contributed by atoms with Gasteiger partial charge in [-0.2, -0.15) is 14.4 Å². The molecular weight excluding hydrogens is 542 g/mol. The smallest absolute Gasteiger partial charge is 0.312 e. The predicted molar refractivity (Wildman–Crippen MR) is 127 cm³/mol. The second kappa shape index (κ2) is 8.75. The average molecular weight is 562 g/mol. The molecule has 0 amide bonds. The Kier molecular flexibility index (Phi) is 5.79. The molecule has 9 nitrogen and oxygen atoms in total. The lowest BCUT2D eigenvalue weighted by Crippen LogP contribution is -2.29. The number of fused-ring (bicyclic) bond motifs is 2. The molecule has 0 radical (unpaired) electrons. The first-order valence-electron chi connectivity index (χ1n) is 10.4. The Morgan fingerprint density at radius 2 is 2.03 bits per heavy atom. The fraction of sp³-hybridized carbons (Fsp3) is 0.364. The number of imidazole rings is 1. The fourth-order valence-electron chi connectivity index (χ4n) is 4.19. The number of rotatable bonds is 6. The number of hydrogen-bond donors (Lipinski definition) is 1. The van der Waals surface area contributed by atoms with Crippen LogP contribution in [0.5, 0.6) is 11.5 Å². The number of hydrogen-bond acceptors (Lipinski definition) is 8. The van der Waals surface area contributed by atoms with E-state index in [1.54, 1.807) is 6.07 Å². The number of alkyl halides is 1. The van der Waals surface area contributed by atoms with E-state index in [1.165, 1.54) is 0 Å². The van der Waals surface area contributed by atoms with Crippen LogP contribution in [0.25, 0.3) is 11.2 Å². The van der Waals surface area contributed by atoms with Gasteiger partial charge >= 0.3 is 6.08 Å². The number of nitrogen functional groups attached to an aromatic ring is 1. The van der Waals surface area contributed by atoms with Crippen molar-refractivity contribution < 1.29 is 18.7 Å². The van der Waals surface area contributed by atoms with Crippen LogP contribution in [0.4, 0.5) is 10.2 Å². The monoisotopic (exact) mass is 562 g/mol. The Bertz CT molecular complexity index is 1300. The highest BCUT2D eigenvalue weighted by atomic mass is 127. The number of halogens is 2. The van der Waals surface area contributed by atoms with Crippen LogP contribution in [0.2, 0.25) is 0 Å².